The molecule has 0 spiro atoms. The summed E-state index contributed by atoms with van der Waals surface area (Å²) >= 11 is 0. The summed E-state index contributed by atoms with van der Waals surface area (Å²) in [6, 6.07) is 1.83. The van der Waals surface area contributed by atoms with Gasteiger partial charge in [0.25, 0.3) is 0 Å². The van der Waals surface area contributed by atoms with Crippen molar-refractivity contribution in [1.29, 1.82) is 0 Å². The average molecular weight is 208 g/mol. The van der Waals surface area contributed by atoms with Crippen LogP contribution < -0.4 is 0 Å². The third kappa shape index (κ3) is 2.98. The van der Waals surface area contributed by atoms with Gasteiger partial charge < -0.3 is 9.15 Å². The number of esters is 1. The number of carbonyl (C=O) groups is 1. The third-order valence-electron chi connectivity index (χ3n) is 2.10. The molecular weight excluding hydrogens is 192 g/mol. The van der Waals surface area contributed by atoms with Gasteiger partial charge in [-0.25, -0.2) is 4.79 Å². The summed E-state index contributed by atoms with van der Waals surface area (Å²) in [6.07, 6.45) is 4.72. The summed E-state index contributed by atoms with van der Waals surface area (Å²) in [5.41, 5.74) is 1.69. The highest BCUT2D eigenvalue weighted by molar-refractivity contribution is 5.92. The van der Waals surface area contributed by atoms with Crippen LogP contribution in [0.3, 0.4) is 0 Å². The highest BCUT2D eigenvalue weighted by atomic mass is 16.5. The van der Waals surface area contributed by atoms with Crippen LogP contribution in [0.5, 0.6) is 0 Å². The number of allylic oxidation sites excluding steroid dienone is 1. The number of hydrogen-bond acceptors (Lipinski definition) is 3. The Labute approximate surface area is 89.7 Å². The normalized spacial score (nSPS) is 12.7. The van der Waals surface area contributed by atoms with Crippen molar-refractivity contribution in [3.05, 3.63) is 30.2 Å². The van der Waals surface area contributed by atoms with Crippen molar-refractivity contribution < 1.29 is 13.9 Å². The van der Waals surface area contributed by atoms with E-state index in [0.29, 0.717) is 0 Å². The Morgan fingerprint density at radius 3 is 2.53 bits per heavy atom. The molecule has 0 fully saturated rings. The van der Waals surface area contributed by atoms with Crippen molar-refractivity contribution in [2.24, 2.45) is 5.41 Å². The van der Waals surface area contributed by atoms with Crippen molar-refractivity contribution in [3.8, 4) is 0 Å². The number of rotatable bonds is 2. The highest BCUT2D eigenvalue weighted by Crippen LogP contribution is 2.34. The molecule has 0 aromatic carbocycles. The van der Waals surface area contributed by atoms with Crippen LogP contribution >= 0.6 is 0 Å². The number of furan rings is 1. The topological polar surface area (TPSA) is 39.4 Å². The second-order valence-corrected chi connectivity index (χ2v) is 4.34. The zero-order valence-electron chi connectivity index (χ0n) is 9.53. The molecule has 0 saturated heterocycles. The Kier molecular flexibility index (Phi) is 3.35. The molecule has 0 N–H and O–H groups in total. The van der Waals surface area contributed by atoms with Gasteiger partial charge in [-0.3, -0.25) is 0 Å². The molecule has 3 nitrogen and oxygen atoms in total. The minimum absolute atomic E-state index is 0.127. The van der Waals surface area contributed by atoms with E-state index in [-0.39, 0.29) is 11.4 Å². The van der Waals surface area contributed by atoms with E-state index in [1.165, 1.54) is 13.2 Å². The van der Waals surface area contributed by atoms with E-state index in [2.05, 4.69) is 4.74 Å². The average Bonchev–Trinajstić information content (AvgIpc) is 2.64. The second-order valence-electron chi connectivity index (χ2n) is 4.34. The molecule has 0 amide bonds. The van der Waals surface area contributed by atoms with Gasteiger partial charge in [0.1, 0.15) is 0 Å². The molecule has 0 aliphatic rings. The molecule has 3 heteroatoms. The predicted molar refractivity (Wildman–Crippen MR) is 58.2 cm³/mol. The fourth-order valence-corrected chi connectivity index (χ4v) is 1.33. The Bertz CT molecular complexity index is 353. The van der Waals surface area contributed by atoms with Crippen LogP contribution in [0.25, 0.3) is 5.57 Å². The fraction of sp³-hybridized carbons (Fsp3) is 0.417. The first-order valence-corrected chi connectivity index (χ1v) is 4.78. The molecule has 0 radical (unpaired) electrons. The van der Waals surface area contributed by atoms with Crippen molar-refractivity contribution >= 4 is 11.5 Å². The SMILES string of the molecule is COC(=O)/C=C(\c1ccoc1)C(C)(C)C. The maximum absolute atomic E-state index is 11.2. The second kappa shape index (κ2) is 4.34. The van der Waals surface area contributed by atoms with E-state index in [1.807, 2.05) is 26.8 Å². The lowest BCUT2D eigenvalue weighted by Gasteiger charge is -2.21. The summed E-state index contributed by atoms with van der Waals surface area (Å²) in [5, 5.41) is 0. The van der Waals surface area contributed by atoms with Crippen LogP contribution in [-0.4, -0.2) is 13.1 Å². The van der Waals surface area contributed by atoms with Crippen LogP contribution in [0.4, 0.5) is 0 Å². The molecule has 1 aromatic rings. The first-order chi connectivity index (χ1) is 6.95. The van der Waals surface area contributed by atoms with Gasteiger partial charge in [-0.2, -0.15) is 0 Å². The molecule has 1 rings (SSSR count). The smallest absolute Gasteiger partial charge is 0.330 e. The van der Waals surface area contributed by atoms with E-state index >= 15 is 0 Å². The van der Waals surface area contributed by atoms with Crippen LogP contribution in [0.15, 0.2) is 29.1 Å². The monoisotopic (exact) mass is 208 g/mol. The minimum atomic E-state index is -0.346. The van der Waals surface area contributed by atoms with Crippen LogP contribution in [0, 0.1) is 5.41 Å². The molecule has 0 saturated carbocycles. The summed E-state index contributed by atoms with van der Waals surface area (Å²) in [5.74, 6) is -0.346. The first-order valence-electron chi connectivity index (χ1n) is 4.78. The Morgan fingerprint density at radius 2 is 2.13 bits per heavy atom. The summed E-state index contributed by atoms with van der Waals surface area (Å²) in [6.45, 7) is 6.11. The lowest BCUT2D eigenvalue weighted by atomic mass is 9.83. The zero-order valence-corrected chi connectivity index (χ0v) is 9.53. The molecule has 0 bridgehead atoms. The highest BCUT2D eigenvalue weighted by Gasteiger charge is 2.20. The molecule has 0 aliphatic carbocycles. The van der Waals surface area contributed by atoms with Crippen LogP contribution in [0.1, 0.15) is 26.3 Å². The van der Waals surface area contributed by atoms with Gasteiger partial charge in [0.15, 0.2) is 0 Å². The minimum Gasteiger partial charge on any atom is -0.472 e. The lowest BCUT2D eigenvalue weighted by Crippen LogP contribution is -2.10. The van der Waals surface area contributed by atoms with E-state index in [1.54, 1.807) is 12.5 Å². The van der Waals surface area contributed by atoms with Gasteiger partial charge in [-0.15, -0.1) is 0 Å². The van der Waals surface area contributed by atoms with Gasteiger partial charge in [-0.05, 0) is 17.1 Å². The van der Waals surface area contributed by atoms with Gasteiger partial charge in [0.05, 0.1) is 19.6 Å². The third-order valence-corrected chi connectivity index (χ3v) is 2.10. The molecule has 0 atom stereocenters. The molecule has 15 heavy (non-hydrogen) atoms. The van der Waals surface area contributed by atoms with E-state index in [9.17, 15) is 4.79 Å². The molecule has 0 unspecified atom stereocenters. The maximum Gasteiger partial charge on any atom is 0.330 e. The molecular formula is C12H16O3. The first kappa shape index (κ1) is 11.6. The van der Waals surface area contributed by atoms with Crippen molar-refractivity contribution in [2.45, 2.75) is 20.8 Å². The molecule has 82 valence electrons. The van der Waals surface area contributed by atoms with Crippen molar-refractivity contribution in [2.75, 3.05) is 7.11 Å². The van der Waals surface area contributed by atoms with Gasteiger partial charge in [0.2, 0.25) is 0 Å². The van der Waals surface area contributed by atoms with Gasteiger partial charge in [-0.1, -0.05) is 20.8 Å². The fourth-order valence-electron chi connectivity index (χ4n) is 1.33. The molecule has 1 aromatic heterocycles. The largest absolute Gasteiger partial charge is 0.472 e. The quantitative estimate of drug-likeness (QED) is 0.554. The number of ether oxygens (including phenoxy) is 1. The van der Waals surface area contributed by atoms with Crippen LogP contribution in [-0.2, 0) is 9.53 Å². The zero-order chi connectivity index (χ0) is 11.5. The van der Waals surface area contributed by atoms with Crippen LogP contribution in [0.2, 0.25) is 0 Å². The van der Waals surface area contributed by atoms with E-state index < -0.39 is 0 Å². The number of methoxy groups -OCH3 is 1. The summed E-state index contributed by atoms with van der Waals surface area (Å²) < 4.78 is 9.64. The summed E-state index contributed by atoms with van der Waals surface area (Å²) in [4.78, 5) is 11.2. The Hall–Kier alpha value is -1.51. The molecule has 0 aliphatic heterocycles. The summed E-state index contributed by atoms with van der Waals surface area (Å²) in [7, 11) is 1.37. The van der Waals surface area contributed by atoms with Crippen molar-refractivity contribution in [3.63, 3.8) is 0 Å². The number of carbonyl (C=O) groups excluding carboxylic acids is 1. The number of hydrogen-bond donors (Lipinski definition) is 0. The van der Waals surface area contributed by atoms with Gasteiger partial charge in [0, 0.05) is 11.6 Å². The van der Waals surface area contributed by atoms with Crippen molar-refractivity contribution in [1.82, 2.24) is 0 Å². The van der Waals surface area contributed by atoms with E-state index in [4.69, 9.17) is 4.42 Å². The Balaban J connectivity index is 3.11. The maximum atomic E-state index is 11.2. The van der Waals surface area contributed by atoms with E-state index in [0.717, 1.165) is 11.1 Å². The standard InChI is InChI=1S/C12H16O3/c1-12(2,3)10(7-11(13)14-4)9-5-6-15-8-9/h5-8H,1-4H3/b10-7+. The predicted octanol–water partition coefficient (Wildman–Crippen LogP) is 2.88. The molecule has 1 heterocycles. The van der Waals surface area contributed by atoms with Gasteiger partial charge >= 0.3 is 5.97 Å². The lowest BCUT2D eigenvalue weighted by molar-refractivity contribution is -0.134. The Morgan fingerprint density at radius 1 is 1.47 bits per heavy atom.